The summed E-state index contributed by atoms with van der Waals surface area (Å²) in [6.45, 7) is 5.67. The van der Waals surface area contributed by atoms with Crippen LogP contribution in [0.3, 0.4) is 0 Å². The van der Waals surface area contributed by atoms with Crippen molar-refractivity contribution in [1.82, 2.24) is 10.2 Å². The summed E-state index contributed by atoms with van der Waals surface area (Å²) in [5.41, 5.74) is 0.403. The summed E-state index contributed by atoms with van der Waals surface area (Å²) in [5, 5.41) is 2.92. The zero-order valence-electron chi connectivity index (χ0n) is 17.2. The number of benzene rings is 2. The van der Waals surface area contributed by atoms with Crippen molar-refractivity contribution in [2.45, 2.75) is 57.1 Å². The summed E-state index contributed by atoms with van der Waals surface area (Å²) in [4.78, 5) is 28.1. The first-order valence-corrected chi connectivity index (χ1v) is 10.9. The van der Waals surface area contributed by atoms with Crippen molar-refractivity contribution >= 4 is 23.6 Å². The van der Waals surface area contributed by atoms with Crippen molar-refractivity contribution in [2.24, 2.45) is 0 Å². The minimum atomic E-state index is -0.683. The highest BCUT2D eigenvalue weighted by Gasteiger charge is 2.27. The third-order valence-corrected chi connectivity index (χ3v) is 5.81. The predicted octanol–water partition coefficient (Wildman–Crippen LogP) is 4.64. The second-order valence-electron chi connectivity index (χ2n) is 7.02. The Morgan fingerprint density at radius 3 is 2.38 bits per heavy atom. The highest BCUT2D eigenvalue weighted by molar-refractivity contribution is 7.99. The van der Waals surface area contributed by atoms with E-state index >= 15 is 0 Å². The molecule has 0 radical (unpaired) electrons. The van der Waals surface area contributed by atoms with Gasteiger partial charge in [0.2, 0.25) is 11.8 Å². The van der Waals surface area contributed by atoms with Gasteiger partial charge in [-0.15, -0.1) is 11.8 Å². The Hall–Kier alpha value is -2.34. The van der Waals surface area contributed by atoms with Crippen molar-refractivity contribution in [3.8, 4) is 0 Å². The van der Waals surface area contributed by atoms with Crippen molar-refractivity contribution in [1.29, 1.82) is 0 Å². The molecule has 2 aromatic carbocycles. The molecular weight excluding hydrogens is 387 g/mol. The normalized spacial score (nSPS) is 12.8. The summed E-state index contributed by atoms with van der Waals surface area (Å²) >= 11 is 1.59. The number of hydrogen-bond acceptors (Lipinski definition) is 3. The third-order valence-electron chi connectivity index (χ3n) is 4.79. The fourth-order valence-corrected chi connectivity index (χ4v) is 3.64. The molecule has 6 heteroatoms. The molecule has 0 fully saturated rings. The molecule has 29 heavy (non-hydrogen) atoms. The Morgan fingerprint density at radius 2 is 1.72 bits per heavy atom. The van der Waals surface area contributed by atoms with Crippen LogP contribution in [0.1, 0.15) is 39.2 Å². The van der Waals surface area contributed by atoms with E-state index in [1.165, 1.54) is 11.0 Å². The van der Waals surface area contributed by atoms with Gasteiger partial charge in [0.1, 0.15) is 11.9 Å². The van der Waals surface area contributed by atoms with Gasteiger partial charge in [-0.2, -0.15) is 0 Å². The SMILES string of the molecule is CCC(C)NC(=O)C(C)N(Cc1ccccc1F)C(=O)CCSc1ccccc1. The Morgan fingerprint density at radius 1 is 1.07 bits per heavy atom. The van der Waals surface area contributed by atoms with E-state index in [4.69, 9.17) is 0 Å². The van der Waals surface area contributed by atoms with E-state index in [1.54, 1.807) is 36.9 Å². The van der Waals surface area contributed by atoms with Gasteiger partial charge in [0.25, 0.3) is 0 Å². The molecule has 1 N–H and O–H groups in total. The van der Waals surface area contributed by atoms with Gasteiger partial charge in [0.15, 0.2) is 0 Å². The van der Waals surface area contributed by atoms with Gasteiger partial charge in [-0.3, -0.25) is 9.59 Å². The Balaban J connectivity index is 2.08. The minimum Gasteiger partial charge on any atom is -0.352 e. The first-order chi connectivity index (χ1) is 13.9. The third kappa shape index (κ3) is 7.20. The molecule has 0 aliphatic heterocycles. The van der Waals surface area contributed by atoms with Crippen LogP contribution in [-0.2, 0) is 16.1 Å². The smallest absolute Gasteiger partial charge is 0.242 e. The first kappa shape index (κ1) is 22.9. The molecule has 2 amide bonds. The molecule has 0 saturated heterocycles. The highest BCUT2D eigenvalue weighted by atomic mass is 32.2. The Bertz CT molecular complexity index is 800. The topological polar surface area (TPSA) is 49.4 Å². The quantitative estimate of drug-likeness (QED) is 0.574. The van der Waals surface area contributed by atoms with Crippen LogP contribution in [0.5, 0.6) is 0 Å². The van der Waals surface area contributed by atoms with Crippen LogP contribution in [-0.4, -0.2) is 34.6 Å². The zero-order valence-corrected chi connectivity index (χ0v) is 18.0. The number of rotatable bonds is 10. The maximum atomic E-state index is 14.2. The molecule has 0 aliphatic carbocycles. The fraction of sp³-hybridized carbons (Fsp3) is 0.391. The molecule has 0 aromatic heterocycles. The second-order valence-corrected chi connectivity index (χ2v) is 8.19. The average molecular weight is 417 g/mol. The molecule has 2 aromatic rings. The van der Waals surface area contributed by atoms with Gasteiger partial charge >= 0.3 is 0 Å². The van der Waals surface area contributed by atoms with Crippen molar-refractivity contribution in [3.63, 3.8) is 0 Å². The van der Waals surface area contributed by atoms with Gasteiger partial charge in [-0.25, -0.2) is 4.39 Å². The van der Waals surface area contributed by atoms with E-state index in [0.717, 1.165) is 11.3 Å². The minimum absolute atomic E-state index is 0.0176. The van der Waals surface area contributed by atoms with E-state index in [-0.39, 0.29) is 36.6 Å². The van der Waals surface area contributed by atoms with E-state index in [1.807, 2.05) is 44.2 Å². The lowest BCUT2D eigenvalue weighted by atomic mass is 10.1. The molecule has 2 rings (SSSR count). The number of thioether (sulfide) groups is 1. The van der Waals surface area contributed by atoms with Crippen LogP contribution in [0, 0.1) is 5.82 Å². The number of carbonyl (C=O) groups excluding carboxylic acids is 2. The van der Waals surface area contributed by atoms with Crippen molar-refractivity contribution in [2.75, 3.05) is 5.75 Å². The van der Waals surface area contributed by atoms with Crippen LogP contribution >= 0.6 is 11.8 Å². The summed E-state index contributed by atoms with van der Waals surface area (Å²) in [5.74, 6) is -0.169. The van der Waals surface area contributed by atoms with Gasteiger partial charge < -0.3 is 10.2 Å². The van der Waals surface area contributed by atoms with E-state index < -0.39 is 6.04 Å². The molecule has 156 valence electrons. The predicted molar refractivity (Wildman–Crippen MR) is 116 cm³/mol. The van der Waals surface area contributed by atoms with Crippen LogP contribution in [0.15, 0.2) is 59.5 Å². The van der Waals surface area contributed by atoms with Crippen LogP contribution in [0.25, 0.3) is 0 Å². The van der Waals surface area contributed by atoms with E-state index in [0.29, 0.717) is 11.3 Å². The molecule has 0 bridgehead atoms. The van der Waals surface area contributed by atoms with Crippen LogP contribution in [0.2, 0.25) is 0 Å². The number of hydrogen-bond donors (Lipinski definition) is 1. The largest absolute Gasteiger partial charge is 0.352 e. The van der Waals surface area contributed by atoms with Crippen LogP contribution < -0.4 is 5.32 Å². The maximum Gasteiger partial charge on any atom is 0.242 e. The van der Waals surface area contributed by atoms with Crippen LogP contribution in [0.4, 0.5) is 4.39 Å². The fourth-order valence-electron chi connectivity index (χ4n) is 2.77. The summed E-state index contributed by atoms with van der Waals surface area (Å²) in [6, 6.07) is 15.5. The molecule has 2 atom stereocenters. The molecule has 0 heterocycles. The molecule has 2 unspecified atom stereocenters. The Kier molecular flexibility index (Phi) is 9.19. The Labute approximate surface area is 176 Å². The first-order valence-electron chi connectivity index (χ1n) is 9.93. The number of nitrogens with zero attached hydrogens (tertiary/aromatic N) is 1. The average Bonchev–Trinajstić information content (AvgIpc) is 2.73. The van der Waals surface area contributed by atoms with Crippen molar-refractivity contribution < 1.29 is 14.0 Å². The summed E-state index contributed by atoms with van der Waals surface area (Å²) < 4.78 is 14.2. The lowest BCUT2D eigenvalue weighted by molar-refractivity contribution is -0.140. The maximum absolute atomic E-state index is 14.2. The second kappa shape index (κ2) is 11.6. The summed E-state index contributed by atoms with van der Waals surface area (Å²) in [7, 11) is 0. The molecule has 4 nitrogen and oxygen atoms in total. The van der Waals surface area contributed by atoms with E-state index in [2.05, 4.69) is 5.32 Å². The zero-order chi connectivity index (χ0) is 21.2. The van der Waals surface area contributed by atoms with Gasteiger partial charge in [0, 0.05) is 35.2 Å². The van der Waals surface area contributed by atoms with Crippen molar-refractivity contribution in [3.05, 3.63) is 66.0 Å². The number of halogens is 1. The highest BCUT2D eigenvalue weighted by Crippen LogP contribution is 2.20. The molecular formula is C23H29FN2O2S. The van der Waals surface area contributed by atoms with Gasteiger partial charge in [-0.05, 0) is 38.5 Å². The monoisotopic (exact) mass is 416 g/mol. The standard InChI is InChI=1S/C23H29FN2O2S/c1-4-17(2)25-23(28)18(3)26(16-19-10-8-9-13-21(19)24)22(27)14-15-29-20-11-6-5-7-12-20/h5-13,17-18H,4,14-16H2,1-3H3,(H,25,28). The number of carbonyl (C=O) groups is 2. The van der Waals surface area contributed by atoms with E-state index in [9.17, 15) is 14.0 Å². The summed E-state index contributed by atoms with van der Waals surface area (Å²) in [6.07, 6.45) is 1.07. The number of amides is 2. The molecule has 0 spiro atoms. The number of nitrogens with one attached hydrogen (secondary N) is 1. The van der Waals surface area contributed by atoms with Gasteiger partial charge in [-0.1, -0.05) is 43.3 Å². The van der Waals surface area contributed by atoms with Gasteiger partial charge in [0.05, 0.1) is 0 Å². The molecule has 0 aliphatic rings. The lowest BCUT2D eigenvalue weighted by Gasteiger charge is -2.30. The molecule has 0 saturated carbocycles. The lowest BCUT2D eigenvalue weighted by Crippen LogP contribution is -2.49.